The molecule has 0 bridgehead atoms. The van der Waals surface area contributed by atoms with Crippen LogP contribution in [0.2, 0.25) is 0 Å². The lowest BCUT2D eigenvalue weighted by Gasteiger charge is -2.06. The number of sulfone groups is 1. The number of nitro benzene ring substituents is 1. The van der Waals surface area contributed by atoms with E-state index in [-0.39, 0.29) is 22.9 Å². The number of alkyl halides is 1. The molecule has 0 aliphatic carbocycles. The first kappa shape index (κ1) is 16.4. The fourth-order valence-corrected chi connectivity index (χ4v) is 2.12. The lowest BCUT2D eigenvalue weighted by atomic mass is 10.3. The summed E-state index contributed by atoms with van der Waals surface area (Å²) in [5, 5.41) is 10.9. The molecule has 0 aromatic heterocycles. The van der Waals surface area contributed by atoms with Gasteiger partial charge in [-0.1, -0.05) is 0 Å². The first-order chi connectivity index (χ1) is 9.25. The average molecular weight is 322 g/mol. The van der Waals surface area contributed by atoms with Crippen LogP contribution < -0.4 is 4.74 Å². The molecule has 0 heterocycles. The molecule has 9 heteroatoms. The van der Waals surface area contributed by atoms with Crippen molar-refractivity contribution < 1.29 is 22.9 Å². The number of nitrogens with zero attached hydrogens (tertiary/aromatic N) is 1. The number of nitro groups is 1. The van der Waals surface area contributed by atoms with Crippen molar-refractivity contribution in [1.29, 1.82) is 0 Å². The number of rotatable bonds is 6. The molecule has 0 atom stereocenters. The number of hydrogen-bond donors (Lipinski definition) is 0. The summed E-state index contributed by atoms with van der Waals surface area (Å²) in [5.41, 5.74) is -0.577. The van der Waals surface area contributed by atoms with Crippen molar-refractivity contribution in [2.45, 2.75) is 17.7 Å². The fraction of sp³-hybridized carbons (Fsp3) is 0.364. The summed E-state index contributed by atoms with van der Waals surface area (Å²) >= 11 is 5.42. The normalized spacial score (nSPS) is 11.1. The number of ether oxygens (including phenoxy) is 1. The van der Waals surface area contributed by atoms with Crippen LogP contribution in [0.15, 0.2) is 23.1 Å². The van der Waals surface area contributed by atoms with Crippen molar-refractivity contribution in [2.24, 2.45) is 0 Å². The zero-order valence-corrected chi connectivity index (χ0v) is 12.1. The molecule has 1 rings (SSSR count). The molecule has 0 N–H and O–H groups in total. The van der Waals surface area contributed by atoms with Crippen molar-refractivity contribution in [1.82, 2.24) is 0 Å². The Morgan fingerprint density at radius 2 is 2.10 bits per heavy atom. The summed E-state index contributed by atoms with van der Waals surface area (Å²) in [7, 11) is -3.58. The van der Waals surface area contributed by atoms with Crippen LogP contribution in [-0.4, -0.2) is 31.4 Å². The number of halogens is 1. The largest absolute Gasteiger partial charge is 0.419 e. The minimum atomic E-state index is -3.58. The van der Waals surface area contributed by atoms with Crippen LogP contribution in [0.4, 0.5) is 5.69 Å². The number of esters is 1. The summed E-state index contributed by atoms with van der Waals surface area (Å²) < 4.78 is 27.5. The van der Waals surface area contributed by atoms with E-state index in [0.717, 1.165) is 24.5 Å². The quantitative estimate of drug-likeness (QED) is 0.261. The Morgan fingerprint density at radius 1 is 1.45 bits per heavy atom. The number of benzene rings is 1. The Balaban J connectivity index is 3.09. The minimum Gasteiger partial charge on any atom is -0.419 e. The highest BCUT2D eigenvalue weighted by Crippen LogP contribution is 2.30. The van der Waals surface area contributed by atoms with Gasteiger partial charge >= 0.3 is 11.7 Å². The van der Waals surface area contributed by atoms with Crippen LogP contribution in [-0.2, 0) is 14.6 Å². The van der Waals surface area contributed by atoms with Gasteiger partial charge in [0.15, 0.2) is 9.84 Å². The molecule has 0 saturated carbocycles. The molecule has 0 amide bonds. The van der Waals surface area contributed by atoms with Crippen molar-refractivity contribution in [3.05, 3.63) is 28.3 Å². The molecule has 7 nitrogen and oxygen atoms in total. The number of carbonyl (C=O) groups is 1. The van der Waals surface area contributed by atoms with Gasteiger partial charge in [-0.25, -0.2) is 8.42 Å². The molecule has 1 aromatic carbocycles. The van der Waals surface area contributed by atoms with Gasteiger partial charge in [0.2, 0.25) is 5.75 Å². The molecule has 0 aliphatic rings. The van der Waals surface area contributed by atoms with E-state index in [1.54, 1.807) is 0 Å². The van der Waals surface area contributed by atoms with Crippen LogP contribution in [0, 0.1) is 10.1 Å². The number of hydrogen-bond acceptors (Lipinski definition) is 6. The van der Waals surface area contributed by atoms with E-state index in [0.29, 0.717) is 6.42 Å². The Kier molecular flexibility index (Phi) is 5.46. The highest BCUT2D eigenvalue weighted by molar-refractivity contribution is 7.90. The molecule has 0 aliphatic heterocycles. The Morgan fingerprint density at radius 3 is 2.60 bits per heavy atom. The highest BCUT2D eigenvalue weighted by atomic mass is 35.5. The lowest BCUT2D eigenvalue weighted by Crippen LogP contribution is -2.10. The van der Waals surface area contributed by atoms with Gasteiger partial charge in [0.25, 0.3) is 0 Å². The third kappa shape index (κ3) is 4.46. The summed E-state index contributed by atoms with van der Waals surface area (Å²) in [5.74, 6) is -0.688. The molecule has 0 radical (unpaired) electrons. The lowest BCUT2D eigenvalue weighted by molar-refractivity contribution is -0.385. The molecule has 0 unspecified atom stereocenters. The van der Waals surface area contributed by atoms with Crippen LogP contribution in [0.1, 0.15) is 12.8 Å². The van der Waals surface area contributed by atoms with E-state index >= 15 is 0 Å². The van der Waals surface area contributed by atoms with E-state index < -0.39 is 26.4 Å². The predicted molar refractivity (Wildman–Crippen MR) is 71.8 cm³/mol. The third-order valence-corrected chi connectivity index (χ3v) is 3.67. The van der Waals surface area contributed by atoms with Gasteiger partial charge in [0, 0.05) is 24.6 Å². The van der Waals surface area contributed by atoms with Crippen LogP contribution in [0.25, 0.3) is 0 Å². The van der Waals surface area contributed by atoms with Crippen LogP contribution >= 0.6 is 11.6 Å². The monoisotopic (exact) mass is 321 g/mol. The average Bonchev–Trinajstić information content (AvgIpc) is 2.35. The van der Waals surface area contributed by atoms with Gasteiger partial charge in [-0.05, 0) is 18.6 Å². The molecular weight excluding hydrogens is 310 g/mol. The first-order valence-corrected chi connectivity index (χ1v) is 7.93. The minimum absolute atomic E-state index is 0.0223. The van der Waals surface area contributed by atoms with Crippen molar-refractivity contribution in [2.75, 3.05) is 12.1 Å². The topological polar surface area (TPSA) is 104 Å². The van der Waals surface area contributed by atoms with E-state index in [4.69, 9.17) is 16.3 Å². The first-order valence-electron chi connectivity index (χ1n) is 5.51. The standard InChI is InChI=1S/C11H12ClNO6S/c1-20(17,18)8-4-5-10(9(7-8)13(15)16)19-11(14)3-2-6-12/h4-5,7H,2-3,6H2,1H3. The maximum Gasteiger partial charge on any atom is 0.312 e. The van der Waals surface area contributed by atoms with Gasteiger partial charge in [-0.2, -0.15) is 0 Å². The molecular formula is C11H12ClNO6S. The summed E-state index contributed by atoms with van der Waals surface area (Å²) in [6, 6.07) is 3.10. The van der Waals surface area contributed by atoms with Crippen LogP contribution in [0.5, 0.6) is 5.75 Å². The van der Waals surface area contributed by atoms with Crippen molar-refractivity contribution >= 4 is 33.1 Å². The SMILES string of the molecule is CS(=O)(=O)c1ccc(OC(=O)CCCCl)c([N+](=O)[O-])c1. The molecule has 110 valence electrons. The smallest absolute Gasteiger partial charge is 0.312 e. The van der Waals surface area contributed by atoms with Crippen molar-refractivity contribution in [3.8, 4) is 5.75 Å². The van der Waals surface area contributed by atoms with Gasteiger partial charge < -0.3 is 4.74 Å². The van der Waals surface area contributed by atoms with Gasteiger partial charge in [0.1, 0.15) is 0 Å². The van der Waals surface area contributed by atoms with Gasteiger partial charge in [-0.3, -0.25) is 14.9 Å². The predicted octanol–water partition coefficient (Wildman–Crippen LogP) is 1.92. The second-order valence-electron chi connectivity index (χ2n) is 3.93. The van der Waals surface area contributed by atoms with Gasteiger partial charge in [-0.15, -0.1) is 11.6 Å². The zero-order chi connectivity index (χ0) is 15.3. The Bertz CT molecular complexity index is 628. The van der Waals surface area contributed by atoms with E-state index in [1.165, 1.54) is 0 Å². The summed E-state index contributed by atoms with van der Waals surface area (Å²) in [6.45, 7) is 0. The third-order valence-electron chi connectivity index (χ3n) is 2.29. The number of carbonyl (C=O) groups excluding carboxylic acids is 1. The fourth-order valence-electron chi connectivity index (χ4n) is 1.34. The van der Waals surface area contributed by atoms with Crippen molar-refractivity contribution in [3.63, 3.8) is 0 Å². The van der Waals surface area contributed by atoms with E-state index in [1.807, 2.05) is 0 Å². The maximum absolute atomic E-state index is 11.4. The second-order valence-corrected chi connectivity index (χ2v) is 6.32. The zero-order valence-electron chi connectivity index (χ0n) is 10.5. The Labute approximate surface area is 120 Å². The second kappa shape index (κ2) is 6.67. The van der Waals surface area contributed by atoms with E-state index in [2.05, 4.69) is 0 Å². The van der Waals surface area contributed by atoms with E-state index in [9.17, 15) is 23.3 Å². The highest BCUT2D eigenvalue weighted by Gasteiger charge is 2.21. The summed E-state index contributed by atoms with van der Waals surface area (Å²) in [4.78, 5) is 21.3. The molecule has 0 fully saturated rings. The molecule has 0 saturated heterocycles. The maximum atomic E-state index is 11.4. The molecule has 20 heavy (non-hydrogen) atoms. The molecule has 0 spiro atoms. The summed E-state index contributed by atoms with van der Waals surface area (Å²) in [6.07, 6.45) is 1.34. The van der Waals surface area contributed by atoms with Crippen LogP contribution in [0.3, 0.4) is 0 Å². The molecule has 1 aromatic rings. The Hall–Kier alpha value is -1.67. The van der Waals surface area contributed by atoms with Gasteiger partial charge in [0.05, 0.1) is 9.82 Å².